The van der Waals surface area contributed by atoms with Gasteiger partial charge in [0.1, 0.15) is 0 Å². The molecular formula is C27H26N8. The molecule has 1 fully saturated rings. The number of nitrogens with zero attached hydrogens (tertiary/aromatic N) is 8. The first-order chi connectivity index (χ1) is 16.5. The zero-order chi connectivity index (χ0) is 26.0. The topological polar surface area (TPSA) is 90.9 Å². The summed E-state index contributed by atoms with van der Waals surface area (Å²) in [5, 5.41) is 29.0. The average molecular weight is 463 g/mol. The second kappa shape index (κ2) is 9.40. The molecule has 0 aromatic heterocycles. The van der Waals surface area contributed by atoms with Crippen LogP contribution in [0.2, 0.25) is 0 Å². The maximum Gasteiger partial charge on any atom is 0.266 e. The fraction of sp³-hybridized carbons (Fsp3) is 0.481. The molecule has 1 heterocycles. The highest BCUT2D eigenvalue weighted by Crippen LogP contribution is 2.47. The third-order valence-corrected chi connectivity index (χ3v) is 6.73. The van der Waals surface area contributed by atoms with Gasteiger partial charge in [-0.15, -0.1) is 0 Å². The molecule has 0 unspecified atom stereocenters. The van der Waals surface area contributed by atoms with Crippen LogP contribution in [0.3, 0.4) is 0 Å². The highest BCUT2D eigenvalue weighted by molar-refractivity contribution is 5.55. The lowest BCUT2D eigenvalue weighted by atomic mass is 9.73. The number of nitriles is 3. The number of rotatable bonds is 2. The summed E-state index contributed by atoms with van der Waals surface area (Å²) in [6, 6.07) is 6.19. The summed E-state index contributed by atoms with van der Waals surface area (Å²) in [6.45, 7) is 32.7. The standard InChI is InChI=1S/C27H26N8/c1-26(2)10-18(21(15-29)31-5)20(14-28)23(12-26)34-8-9-35(17-34)24-13-27(3,4)11-19(25(24)33-7)22(16-30)32-6/h8-13,17H2,1-4H3/b21-18+,22-19-. The Morgan fingerprint density at radius 1 is 0.771 bits per heavy atom. The third kappa shape index (κ3) is 4.75. The Labute approximate surface area is 207 Å². The predicted octanol–water partition coefficient (Wildman–Crippen LogP) is 5.50. The van der Waals surface area contributed by atoms with Gasteiger partial charge < -0.3 is 9.80 Å². The van der Waals surface area contributed by atoms with Crippen molar-refractivity contribution in [3.05, 3.63) is 79.5 Å². The Bertz CT molecular complexity index is 1200. The molecule has 0 amide bonds. The molecule has 8 heteroatoms. The Morgan fingerprint density at radius 2 is 1.26 bits per heavy atom. The van der Waals surface area contributed by atoms with Crippen molar-refractivity contribution in [3.63, 3.8) is 0 Å². The summed E-state index contributed by atoms with van der Waals surface area (Å²) in [5.41, 5.74) is 2.98. The minimum absolute atomic E-state index is 0.0289. The van der Waals surface area contributed by atoms with Crippen molar-refractivity contribution in [1.29, 1.82) is 15.8 Å². The molecule has 35 heavy (non-hydrogen) atoms. The largest absolute Gasteiger partial charge is 0.365 e. The minimum atomic E-state index is -0.216. The first-order valence-corrected chi connectivity index (χ1v) is 11.3. The van der Waals surface area contributed by atoms with Gasteiger partial charge in [0, 0.05) is 24.5 Å². The Kier molecular flexibility index (Phi) is 6.75. The summed E-state index contributed by atoms with van der Waals surface area (Å²) in [6.07, 6.45) is 2.28. The van der Waals surface area contributed by atoms with E-state index in [1.165, 1.54) is 0 Å². The fourth-order valence-corrected chi connectivity index (χ4v) is 5.22. The number of hydrogen-bond acceptors (Lipinski definition) is 5. The lowest BCUT2D eigenvalue weighted by Crippen LogP contribution is -2.33. The van der Waals surface area contributed by atoms with Crippen LogP contribution in [0.25, 0.3) is 14.5 Å². The summed E-state index contributed by atoms with van der Waals surface area (Å²) >= 11 is 0. The molecule has 2 aliphatic carbocycles. The number of hydrogen-bond donors (Lipinski definition) is 0. The molecule has 0 aromatic carbocycles. The highest BCUT2D eigenvalue weighted by Gasteiger charge is 2.39. The van der Waals surface area contributed by atoms with Crippen molar-refractivity contribution in [2.75, 3.05) is 19.8 Å². The van der Waals surface area contributed by atoms with Gasteiger partial charge in [0.05, 0.1) is 50.2 Å². The van der Waals surface area contributed by atoms with E-state index in [9.17, 15) is 15.8 Å². The van der Waals surface area contributed by atoms with Gasteiger partial charge >= 0.3 is 0 Å². The lowest BCUT2D eigenvalue weighted by Gasteiger charge is -2.39. The number of allylic oxidation sites excluding steroid dienone is 7. The normalized spacial score (nSPS) is 23.8. The SMILES string of the molecule is [C-]#[N+]C1=C(N2CCN(C3=C(C#N)/C(=C(\C#N)[N+]#[C-])CC(C)(C)C3)C2)CC(C)(C)C/C1=C(\C#N)[N+]#[C-]. The third-order valence-electron chi connectivity index (χ3n) is 6.73. The molecule has 1 aliphatic heterocycles. The van der Waals surface area contributed by atoms with Gasteiger partial charge in [-0.05, 0) is 47.7 Å². The molecule has 0 N–H and O–H groups in total. The van der Waals surface area contributed by atoms with Crippen LogP contribution in [0, 0.1) is 64.5 Å². The van der Waals surface area contributed by atoms with E-state index in [2.05, 4.69) is 58.1 Å². The smallest absolute Gasteiger partial charge is 0.266 e. The second-order valence-electron chi connectivity index (χ2n) is 10.6. The molecule has 3 rings (SSSR count). The van der Waals surface area contributed by atoms with Crippen molar-refractivity contribution in [1.82, 2.24) is 9.80 Å². The van der Waals surface area contributed by atoms with Gasteiger partial charge in [0.15, 0.2) is 5.70 Å². The van der Waals surface area contributed by atoms with Crippen molar-refractivity contribution >= 4 is 0 Å². The quantitative estimate of drug-likeness (QED) is 0.399. The monoisotopic (exact) mass is 462 g/mol. The van der Waals surface area contributed by atoms with E-state index >= 15 is 0 Å². The summed E-state index contributed by atoms with van der Waals surface area (Å²) in [5.74, 6) is 0. The van der Waals surface area contributed by atoms with Crippen LogP contribution in [0.4, 0.5) is 0 Å². The maximum atomic E-state index is 10.0. The first kappa shape index (κ1) is 25.1. The predicted molar refractivity (Wildman–Crippen MR) is 129 cm³/mol. The van der Waals surface area contributed by atoms with E-state index < -0.39 is 0 Å². The Hall–Kier alpha value is -4.50. The van der Waals surface area contributed by atoms with E-state index in [1.807, 2.05) is 12.1 Å². The first-order valence-electron chi connectivity index (χ1n) is 11.3. The van der Waals surface area contributed by atoms with Crippen LogP contribution in [0.1, 0.15) is 53.4 Å². The molecule has 1 saturated heterocycles. The van der Waals surface area contributed by atoms with Crippen LogP contribution < -0.4 is 0 Å². The van der Waals surface area contributed by atoms with Crippen LogP contribution in [-0.2, 0) is 0 Å². The van der Waals surface area contributed by atoms with Crippen molar-refractivity contribution < 1.29 is 0 Å². The molecule has 0 bridgehead atoms. The van der Waals surface area contributed by atoms with Crippen molar-refractivity contribution in [2.45, 2.75) is 53.4 Å². The van der Waals surface area contributed by atoms with E-state index in [0.29, 0.717) is 67.9 Å². The van der Waals surface area contributed by atoms with Crippen LogP contribution in [0.15, 0.2) is 45.2 Å². The molecule has 3 aliphatic rings. The summed E-state index contributed by atoms with van der Waals surface area (Å²) < 4.78 is 0. The van der Waals surface area contributed by atoms with E-state index in [1.54, 1.807) is 0 Å². The van der Waals surface area contributed by atoms with Gasteiger partial charge in [-0.3, -0.25) is 0 Å². The summed E-state index contributed by atoms with van der Waals surface area (Å²) in [4.78, 5) is 14.7. The zero-order valence-electron chi connectivity index (χ0n) is 20.5. The van der Waals surface area contributed by atoms with Gasteiger partial charge in [-0.2, -0.15) is 5.26 Å². The van der Waals surface area contributed by atoms with Crippen molar-refractivity contribution in [3.8, 4) is 18.2 Å². The van der Waals surface area contributed by atoms with Gasteiger partial charge in [0.25, 0.3) is 11.4 Å². The van der Waals surface area contributed by atoms with Crippen molar-refractivity contribution in [2.24, 2.45) is 10.8 Å². The van der Waals surface area contributed by atoms with E-state index in [4.69, 9.17) is 19.7 Å². The minimum Gasteiger partial charge on any atom is -0.365 e. The van der Waals surface area contributed by atoms with Gasteiger partial charge in [-0.1, -0.05) is 27.7 Å². The van der Waals surface area contributed by atoms with Gasteiger partial charge in [0.2, 0.25) is 0 Å². The van der Waals surface area contributed by atoms with Crippen LogP contribution in [-0.4, -0.2) is 29.6 Å². The Morgan fingerprint density at radius 3 is 1.74 bits per heavy atom. The molecule has 8 nitrogen and oxygen atoms in total. The van der Waals surface area contributed by atoms with Crippen LogP contribution >= 0.6 is 0 Å². The summed E-state index contributed by atoms with van der Waals surface area (Å²) in [7, 11) is 0. The fourth-order valence-electron chi connectivity index (χ4n) is 5.22. The maximum absolute atomic E-state index is 10.0. The molecule has 0 radical (unpaired) electrons. The second-order valence-corrected chi connectivity index (χ2v) is 10.6. The molecule has 174 valence electrons. The van der Waals surface area contributed by atoms with Crippen LogP contribution in [0.5, 0.6) is 0 Å². The van der Waals surface area contributed by atoms with Gasteiger partial charge in [-0.25, -0.2) is 25.1 Å². The molecular weight excluding hydrogens is 436 g/mol. The highest BCUT2D eigenvalue weighted by atomic mass is 15.4. The molecule has 0 saturated carbocycles. The molecule has 0 atom stereocenters. The van der Waals surface area contributed by atoms with E-state index in [0.717, 1.165) is 11.4 Å². The average Bonchev–Trinajstić information content (AvgIpc) is 3.29. The molecule has 0 aromatic rings. The van der Waals surface area contributed by atoms with E-state index in [-0.39, 0.29) is 22.2 Å². The molecule has 0 spiro atoms. The zero-order valence-corrected chi connectivity index (χ0v) is 20.5. The Balaban J connectivity index is 2.09. The lowest BCUT2D eigenvalue weighted by molar-refractivity contribution is 0.242.